The molecule has 2 aromatic rings. The number of para-hydroxylation sites is 1. The molecule has 0 radical (unpaired) electrons. The van der Waals surface area contributed by atoms with Crippen LogP contribution in [0.25, 0.3) is 10.9 Å². The van der Waals surface area contributed by atoms with Crippen LogP contribution < -0.4 is 5.32 Å². The molecule has 1 aromatic heterocycles. The van der Waals surface area contributed by atoms with Crippen molar-refractivity contribution in [2.45, 2.75) is 27.2 Å². The summed E-state index contributed by atoms with van der Waals surface area (Å²) in [5.74, 6) is 0.906. The van der Waals surface area contributed by atoms with Gasteiger partial charge < -0.3 is 10.3 Å². The molecule has 1 aliphatic rings. The molecule has 23 heavy (non-hydrogen) atoms. The maximum Gasteiger partial charge on any atom is 0.185 e. The number of hydrogen-bond acceptors (Lipinski definition) is 3. The van der Waals surface area contributed by atoms with Crippen LogP contribution in [0.1, 0.15) is 27.2 Å². The quantitative estimate of drug-likeness (QED) is 0.845. The summed E-state index contributed by atoms with van der Waals surface area (Å²) >= 11 is 0. The molecule has 2 N–H and O–H groups in total. The van der Waals surface area contributed by atoms with Crippen molar-refractivity contribution in [3.05, 3.63) is 52.6 Å². The van der Waals surface area contributed by atoms with E-state index in [4.69, 9.17) is 0 Å². The number of aromatic nitrogens is 1. The molecule has 1 aromatic carbocycles. The van der Waals surface area contributed by atoms with Crippen molar-refractivity contribution in [3.8, 4) is 0 Å². The maximum absolute atomic E-state index is 12.4. The standard InChI is InChI=1S/C19H20N2O2/c1-11-12(2)19(23)15(13(3)18(11)22)8-9-20-17-10-14-6-4-5-7-16(14)21-17/h4-7,10,20-21H,8-9H2,1-3H3. The summed E-state index contributed by atoms with van der Waals surface area (Å²) in [6.07, 6.45) is 0.538. The normalized spacial score (nSPS) is 15.8. The summed E-state index contributed by atoms with van der Waals surface area (Å²) in [5, 5.41) is 4.44. The van der Waals surface area contributed by atoms with E-state index >= 15 is 0 Å². The molecular formula is C19H20N2O2. The van der Waals surface area contributed by atoms with Crippen LogP contribution in [0.4, 0.5) is 5.82 Å². The Morgan fingerprint density at radius 1 is 0.957 bits per heavy atom. The molecule has 1 heterocycles. The van der Waals surface area contributed by atoms with E-state index in [1.165, 1.54) is 0 Å². The zero-order chi connectivity index (χ0) is 16.6. The van der Waals surface area contributed by atoms with Crippen molar-refractivity contribution in [1.29, 1.82) is 0 Å². The van der Waals surface area contributed by atoms with Crippen LogP contribution in [0.5, 0.6) is 0 Å². The molecule has 0 saturated carbocycles. The fourth-order valence-electron chi connectivity index (χ4n) is 2.95. The first-order valence-corrected chi connectivity index (χ1v) is 7.77. The van der Waals surface area contributed by atoms with Gasteiger partial charge in [0.05, 0.1) is 0 Å². The van der Waals surface area contributed by atoms with E-state index in [1.807, 2.05) is 30.3 Å². The van der Waals surface area contributed by atoms with Gasteiger partial charge in [-0.25, -0.2) is 0 Å². The van der Waals surface area contributed by atoms with Crippen molar-refractivity contribution in [2.24, 2.45) is 0 Å². The first kappa shape index (κ1) is 15.3. The molecule has 0 amide bonds. The molecule has 0 atom stereocenters. The lowest BCUT2D eigenvalue weighted by atomic mass is 9.84. The molecule has 4 nitrogen and oxygen atoms in total. The molecule has 1 aliphatic carbocycles. The minimum absolute atomic E-state index is 0.00181. The number of Topliss-reactive ketones (excluding diaryl/α,β-unsaturated/α-hetero) is 2. The molecule has 0 bridgehead atoms. The predicted octanol–water partition coefficient (Wildman–Crippen LogP) is 3.77. The third-order valence-electron chi connectivity index (χ3n) is 4.53. The van der Waals surface area contributed by atoms with Gasteiger partial charge in [0.25, 0.3) is 0 Å². The molecule has 0 aliphatic heterocycles. The Kier molecular flexibility index (Phi) is 3.90. The van der Waals surface area contributed by atoms with Crippen molar-refractivity contribution in [2.75, 3.05) is 11.9 Å². The number of benzene rings is 1. The van der Waals surface area contributed by atoms with Crippen molar-refractivity contribution in [1.82, 2.24) is 4.98 Å². The van der Waals surface area contributed by atoms with Crippen LogP contribution in [-0.2, 0) is 9.59 Å². The lowest BCUT2D eigenvalue weighted by molar-refractivity contribution is -0.116. The summed E-state index contributed by atoms with van der Waals surface area (Å²) < 4.78 is 0. The van der Waals surface area contributed by atoms with E-state index < -0.39 is 0 Å². The van der Waals surface area contributed by atoms with Crippen LogP contribution in [0.2, 0.25) is 0 Å². The SMILES string of the molecule is CC1=C(C)C(=O)C(CCNc2cc3ccccc3[nH]2)=C(C)C1=O. The topological polar surface area (TPSA) is 62.0 Å². The van der Waals surface area contributed by atoms with E-state index in [-0.39, 0.29) is 11.6 Å². The third kappa shape index (κ3) is 2.72. The monoisotopic (exact) mass is 308 g/mol. The highest BCUT2D eigenvalue weighted by atomic mass is 16.1. The Balaban J connectivity index is 1.71. The van der Waals surface area contributed by atoms with E-state index in [0.717, 1.165) is 16.7 Å². The van der Waals surface area contributed by atoms with Crippen LogP contribution in [0, 0.1) is 0 Å². The zero-order valence-corrected chi connectivity index (χ0v) is 13.6. The molecular weight excluding hydrogens is 288 g/mol. The van der Waals surface area contributed by atoms with Crippen LogP contribution >= 0.6 is 0 Å². The van der Waals surface area contributed by atoms with Gasteiger partial charge in [0, 0.05) is 39.7 Å². The van der Waals surface area contributed by atoms with Crippen LogP contribution in [-0.4, -0.2) is 23.1 Å². The first-order chi connectivity index (χ1) is 11.0. The Hall–Kier alpha value is -2.62. The van der Waals surface area contributed by atoms with Crippen LogP contribution in [0.15, 0.2) is 52.6 Å². The van der Waals surface area contributed by atoms with Gasteiger partial charge in [-0.15, -0.1) is 0 Å². The Bertz CT molecular complexity index is 835. The van der Waals surface area contributed by atoms with E-state index in [9.17, 15) is 9.59 Å². The average molecular weight is 308 g/mol. The molecule has 0 saturated heterocycles. The highest BCUT2D eigenvalue weighted by Gasteiger charge is 2.27. The van der Waals surface area contributed by atoms with Crippen molar-refractivity contribution < 1.29 is 9.59 Å². The Labute approximate surface area is 135 Å². The molecule has 4 heteroatoms. The van der Waals surface area contributed by atoms with Gasteiger partial charge in [-0.3, -0.25) is 9.59 Å². The summed E-state index contributed by atoms with van der Waals surface area (Å²) in [6, 6.07) is 10.1. The average Bonchev–Trinajstić information content (AvgIpc) is 2.97. The summed E-state index contributed by atoms with van der Waals surface area (Å²) in [7, 11) is 0. The minimum Gasteiger partial charge on any atom is -0.371 e. The minimum atomic E-state index is -0.0114. The van der Waals surface area contributed by atoms with Crippen LogP contribution in [0.3, 0.4) is 0 Å². The number of anilines is 1. The van der Waals surface area contributed by atoms with Gasteiger partial charge in [-0.05, 0) is 39.3 Å². The van der Waals surface area contributed by atoms with Gasteiger partial charge in [0.1, 0.15) is 5.82 Å². The number of carbonyl (C=O) groups is 2. The number of nitrogens with one attached hydrogen (secondary N) is 2. The molecule has 0 spiro atoms. The molecule has 0 unspecified atom stereocenters. The molecule has 3 rings (SSSR count). The smallest absolute Gasteiger partial charge is 0.185 e. The van der Waals surface area contributed by atoms with Gasteiger partial charge in [0.2, 0.25) is 0 Å². The first-order valence-electron chi connectivity index (χ1n) is 7.77. The molecule has 0 fully saturated rings. The van der Waals surface area contributed by atoms with Gasteiger partial charge >= 0.3 is 0 Å². The van der Waals surface area contributed by atoms with E-state index in [0.29, 0.717) is 35.3 Å². The summed E-state index contributed by atoms with van der Waals surface area (Å²) in [4.78, 5) is 27.8. The second-order valence-electron chi connectivity index (χ2n) is 5.96. The summed E-state index contributed by atoms with van der Waals surface area (Å²) in [5.41, 5.74) is 3.42. The second-order valence-corrected chi connectivity index (χ2v) is 5.96. The van der Waals surface area contributed by atoms with Crippen molar-refractivity contribution in [3.63, 3.8) is 0 Å². The number of ketones is 2. The van der Waals surface area contributed by atoms with E-state index in [1.54, 1.807) is 20.8 Å². The number of fused-ring (bicyclic) bond motifs is 1. The second kappa shape index (κ2) is 5.88. The van der Waals surface area contributed by atoms with Gasteiger partial charge in [-0.1, -0.05) is 18.2 Å². The lowest BCUT2D eigenvalue weighted by Gasteiger charge is -2.18. The fourth-order valence-corrected chi connectivity index (χ4v) is 2.95. The highest BCUT2D eigenvalue weighted by molar-refractivity contribution is 6.24. The highest BCUT2D eigenvalue weighted by Crippen LogP contribution is 2.26. The predicted molar refractivity (Wildman–Crippen MR) is 92.5 cm³/mol. The Morgan fingerprint density at radius 3 is 2.39 bits per heavy atom. The van der Waals surface area contributed by atoms with E-state index in [2.05, 4.69) is 10.3 Å². The van der Waals surface area contributed by atoms with Gasteiger partial charge in [-0.2, -0.15) is 0 Å². The number of rotatable bonds is 4. The third-order valence-corrected chi connectivity index (χ3v) is 4.53. The number of allylic oxidation sites excluding steroid dienone is 3. The summed E-state index contributed by atoms with van der Waals surface area (Å²) in [6.45, 7) is 5.80. The number of aromatic amines is 1. The Morgan fingerprint density at radius 2 is 1.65 bits per heavy atom. The maximum atomic E-state index is 12.4. The number of carbonyl (C=O) groups excluding carboxylic acids is 2. The zero-order valence-electron chi connectivity index (χ0n) is 13.6. The van der Waals surface area contributed by atoms with Crippen molar-refractivity contribution >= 4 is 28.3 Å². The lowest BCUT2D eigenvalue weighted by Crippen LogP contribution is -2.22. The largest absolute Gasteiger partial charge is 0.371 e. The number of H-pyrrole nitrogens is 1. The molecule has 118 valence electrons. The number of hydrogen-bond donors (Lipinski definition) is 2. The fraction of sp³-hybridized carbons (Fsp3) is 0.263. The van der Waals surface area contributed by atoms with Gasteiger partial charge in [0.15, 0.2) is 11.6 Å².